The molecular weight excluding hydrogens is 388 g/mol. The molecule has 0 aliphatic rings. The lowest BCUT2D eigenvalue weighted by Gasteiger charge is -2.10. The van der Waals surface area contributed by atoms with Crippen molar-refractivity contribution in [2.45, 2.75) is 11.3 Å². The maximum absolute atomic E-state index is 12.6. The Morgan fingerprint density at radius 1 is 0.931 bits per heavy atom. The molecule has 150 valence electrons. The molecule has 0 spiro atoms. The second kappa shape index (κ2) is 9.25. The SMILES string of the molecule is COc1ccc(CCNC(=O)c2cccc(S(=O)(=O)Nc3ccccc3)c2)cc1. The lowest BCUT2D eigenvalue weighted by atomic mass is 10.1. The summed E-state index contributed by atoms with van der Waals surface area (Å²) < 4.78 is 32.8. The summed E-state index contributed by atoms with van der Waals surface area (Å²) in [5.74, 6) is 0.454. The molecule has 0 saturated heterocycles. The normalized spacial score (nSPS) is 10.9. The predicted octanol–water partition coefficient (Wildman–Crippen LogP) is 3.47. The predicted molar refractivity (Wildman–Crippen MR) is 113 cm³/mol. The Hall–Kier alpha value is -3.32. The second-order valence-corrected chi connectivity index (χ2v) is 8.04. The van der Waals surface area contributed by atoms with Gasteiger partial charge >= 0.3 is 0 Å². The number of benzene rings is 3. The minimum Gasteiger partial charge on any atom is -0.497 e. The van der Waals surface area contributed by atoms with Crippen LogP contribution in [0.1, 0.15) is 15.9 Å². The third kappa shape index (κ3) is 5.58. The van der Waals surface area contributed by atoms with Crippen molar-refractivity contribution in [2.24, 2.45) is 0 Å². The molecule has 0 saturated carbocycles. The number of para-hydroxylation sites is 1. The molecule has 0 radical (unpaired) electrons. The summed E-state index contributed by atoms with van der Waals surface area (Å²) in [5, 5.41) is 2.82. The summed E-state index contributed by atoms with van der Waals surface area (Å²) in [5.41, 5.74) is 1.81. The smallest absolute Gasteiger partial charge is 0.261 e. The summed E-state index contributed by atoms with van der Waals surface area (Å²) in [4.78, 5) is 12.5. The molecule has 1 amide bonds. The van der Waals surface area contributed by atoms with Crippen LogP contribution in [-0.4, -0.2) is 28.0 Å². The fraction of sp³-hybridized carbons (Fsp3) is 0.136. The fourth-order valence-corrected chi connectivity index (χ4v) is 3.84. The quantitative estimate of drug-likeness (QED) is 0.596. The van der Waals surface area contributed by atoms with Gasteiger partial charge < -0.3 is 10.1 Å². The standard InChI is InChI=1S/C22H22N2O4S/c1-28-20-12-10-17(11-13-20)14-15-23-22(25)18-6-5-9-21(16-18)29(26,27)24-19-7-3-2-4-8-19/h2-13,16,24H,14-15H2,1H3,(H,23,25). The Balaban J connectivity index is 1.62. The Morgan fingerprint density at radius 2 is 1.66 bits per heavy atom. The third-order valence-corrected chi connectivity index (χ3v) is 5.67. The Labute approximate surface area is 170 Å². The van der Waals surface area contributed by atoms with Crippen molar-refractivity contribution in [3.63, 3.8) is 0 Å². The van der Waals surface area contributed by atoms with E-state index >= 15 is 0 Å². The molecule has 29 heavy (non-hydrogen) atoms. The van der Waals surface area contributed by atoms with Crippen molar-refractivity contribution in [3.8, 4) is 5.75 Å². The van der Waals surface area contributed by atoms with Crippen LogP contribution in [-0.2, 0) is 16.4 Å². The summed E-state index contributed by atoms with van der Waals surface area (Å²) in [6, 6.07) is 22.2. The van der Waals surface area contributed by atoms with Crippen LogP contribution >= 0.6 is 0 Å². The lowest BCUT2D eigenvalue weighted by Crippen LogP contribution is -2.26. The first-order valence-electron chi connectivity index (χ1n) is 9.07. The zero-order chi connectivity index (χ0) is 20.7. The van der Waals surface area contributed by atoms with Crippen molar-refractivity contribution in [1.82, 2.24) is 5.32 Å². The van der Waals surface area contributed by atoms with E-state index in [2.05, 4.69) is 10.0 Å². The van der Waals surface area contributed by atoms with Gasteiger partial charge in [-0.15, -0.1) is 0 Å². The summed E-state index contributed by atoms with van der Waals surface area (Å²) in [6.07, 6.45) is 0.656. The van der Waals surface area contributed by atoms with Crippen molar-refractivity contribution in [2.75, 3.05) is 18.4 Å². The third-order valence-electron chi connectivity index (χ3n) is 4.29. The van der Waals surface area contributed by atoms with Gasteiger partial charge in [-0.3, -0.25) is 9.52 Å². The first-order valence-corrected chi connectivity index (χ1v) is 10.6. The maximum atomic E-state index is 12.6. The zero-order valence-electron chi connectivity index (χ0n) is 16.0. The van der Waals surface area contributed by atoms with Crippen molar-refractivity contribution < 1.29 is 17.9 Å². The zero-order valence-corrected chi connectivity index (χ0v) is 16.8. The number of ether oxygens (including phenoxy) is 1. The van der Waals surface area contributed by atoms with Crippen LogP contribution in [0.15, 0.2) is 83.8 Å². The van der Waals surface area contributed by atoms with Gasteiger partial charge in [-0.1, -0.05) is 36.4 Å². The summed E-state index contributed by atoms with van der Waals surface area (Å²) >= 11 is 0. The Bertz CT molecular complexity index is 1070. The molecule has 3 rings (SSSR count). The molecule has 0 heterocycles. The number of carbonyl (C=O) groups excluding carboxylic acids is 1. The van der Waals surface area contributed by atoms with E-state index in [-0.39, 0.29) is 16.4 Å². The molecular formula is C22H22N2O4S. The fourth-order valence-electron chi connectivity index (χ4n) is 2.74. The topological polar surface area (TPSA) is 84.5 Å². The van der Waals surface area contributed by atoms with E-state index in [1.807, 2.05) is 24.3 Å². The maximum Gasteiger partial charge on any atom is 0.261 e. The minimum atomic E-state index is -3.78. The van der Waals surface area contributed by atoms with Crippen molar-refractivity contribution in [1.29, 1.82) is 0 Å². The molecule has 3 aromatic rings. The highest BCUT2D eigenvalue weighted by atomic mass is 32.2. The highest BCUT2D eigenvalue weighted by Gasteiger charge is 2.16. The van der Waals surface area contributed by atoms with Crippen LogP contribution in [0.4, 0.5) is 5.69 Å². The lowest BCUT2D eigenvalue weighted by molar-refractivity contribution is 0.0954. The number of carbonyl (C=O) groups is 1. The molecule has 0 unspecified atom stereocenters. The largest absolute Gasteiger partial charge is 0.497 e. The van der Waals surface area contributed by atoms with E-state index in [0.29, 0.717) is 18.7 Å². The number of rotatable bonds is 8. The monoisotopic (exact) mass is 410 g/mol. The van der Waals surface area contributed by atoms with Gasteiger partial charge in [-0.05, 0) is 54.4 Å². The molecule has 0 fully saturated rings. The van der Waals surface area contributed by atoms with E-state index in [4.69, 9.17) is 4.74 Å². The Morgan fingerprint density at radius 3 is 2.34 bits per heavy atom. The van der Waals surface area contributed by atoms with Gasteiger partial charge in [0.05, 0.1) is 12.0 Å². The molecule has 0 bridgehead atoms. The average Bonchev–Trinajstić information content (AvgIpc) is 2.74. The van der Waals surface area contributed by atoms with Crippen LogP contribution in [0.2, 0.25) is 0 Å². The number of sulfonamides is 1. The van der Waals surface area contributed by atoms with Gasteiger partial charge in [0, 0.05) is 17.8 Å². The van der Waals surface area contributed by atoms with Crippen LogP contribution in [0.25, 0.3) is 0 Å². The highest BCUT2D eigenvalue weighted by molar-refractivity contribution is 7.92. The van der Waals surface area contributed by atoms with Crippen LogP contribution in [0.3, 0.4) is 0 Å². The first-order chi connectivity index (χ1) is 14.0. The average molecular weight is 410 g/mol. The molecule has 0 aromatic heterocycles. The van der Waals surface area contributed by atoms with Gasteiger partial charge in [0.2, 0.25) is 0 Å². The number of hydrogen-bond donors (Lipinski definition) is 2. The van der Waals surface area contributed by atoms with E-state index in [1.54, 1.807) is 49.6 Å². The highest BCUT2D eigenvalue weighted by Crippen LogP contribution is 2.17. The summed E-state index contributed by atoms with van der Waals surface area (Å²) in [7, 11) is -2.17. The molecule has 7 heteroatoms. The van der Waals surface area contributed by atoms with E-state index in [1.165, 1.54) is 12.1 Å². The minimum absolute atomic E-state index is 0.0316. The number of anilines is 1. The first kappa shape index (κ1) is 20.4. The Kier molecular flexibility index (Phi) is 6.51. The molecule has 2 N–H and O–H groups in total. The number of hydrogen-bond acceptors (Lipinski definition) is 4. The number of amides is 1. The molecule has 0 aliphatic carbocycles. The van der Waals surface area contributed by atoms with Gasteiger partial charge in [0.15, 0.2) is 0 Å². The van der Waals surface area contributed by atoms with Crippen LogP contribution < -0.4 is 14.8 Å². The molecule has 0 atom stereocenters. The van der Waals surface area contributed by atoms with E-state index in [0.717, 1.165) is 11.3 Å². The second-order valence-electron chi connectivity index (χ2n) is 6.35. The van der Waals surface area contributed by atoms with Crippen LogP contribution in [0.5, 0.6) is 5.75 Å². The molecule has 3 aromatic carbocycles. The van der Waals surface area contributed by atoms with Gasteiger partial charge in [0.25, 0.3) is 15.9 Å². The molecule has 0 aliphatic heterocycles. The van der Waals surface area contributed by atoms with Crippen molar-refractivity contribution in [3.05, 3.63) is 90.0 Å². The van der Waals surface area contributed by atoms with Crippen molar-refractivity contribution >= 4 is 21.6 Å². The number of methoxy groups -OCH3 is 1. The molecule has 6 nitrogen and oxygen atoms in total. The number of nitrogens with one attached hydrogen (secondary N) is 2. The summed E-state index contributed by atoms with van der Waals surface area (Å²) in [6.45, 7) is 0.435. The van der Waals surface area contributed by atoms with Crippen LogP contribution in [0, 0.1) is 0 Å². The van der Waals surface area contributed by atoms with Gasteiger partial charge in [-0.2, -0.15) is 0 Å². The van der Waals surface area contributed by atoms with Gasteiger partial charge in [0.1, 0.15) is 5.75 Å². The van der Waals surface area contributed by atoms with Gasteiger partial charge in [-0.25, -0.2) is 8.42 Å². The van der Waals surface area contributed by atoms with E-state index < -0.39 is 10.0 Å². The van der Waals surface area contributed by atoms with E-state index in [9.17, 15) is 13.2 Å².